The molecule has 0 amide bonds. The summed E-state index contributed by atoms with van der Waals surface area (Å²) in [6.07, 6.45) is 5.51. The number of halogens is 1. The number of sulfonamides is 1. The molecule has 182 valence electrons. The second-order valence-corrected chi connectivity index (χ2v) is 11.8. The third-order valence-corrected chi connectivity index (χ3v) is 9.07. The number of piperidine rings is 1. The summed E-state index contributed by atoms with van der Waals surface area (Å²) >= 11 is 0. The highest BCUT2D eigenvalue weighted by Gasteiger charge is 2.30. The van der Waals surface area contributed by atoms with Gasteiger partial charge in [0.1, 0.15) is 11.5 Å². The second kappa shape index (κ2) is 8.53. The third kappa shape index (κ3) is 3.94. The number of fused-ring (bicyclic) bond motifs is 2. The summed E-state index contributed by atoms with van der Waals surface area (Å²) in [4.78, 5) is 8.84. The van der Waals surface area contributed by atoms with Crippen molar-refractivity contribution in [3.05, 3.63) is 42.0 Å². The maximum Gasteiger partial charge on any atom is 0.235 e. The van der Waals surface area contributed by atoms with E-state index in [-0.39, 0.29) is 11.9 Å². The van der Waals surface area contributed by atoms with E-state index in [1.165, 1.54) is 0 Å². The van der Waals surface area contributed by atoms with Crippen molar-refractivity contribution in [2.24, 2.45) is 0 Å². The molecule has 0 saturated carbocycles. The zero-order valence-electron chi connectivity index (χ0n) is 20.2. The summed E-state index contributed by atoms with van der Waals surface area (Å²) in [6, 6.07) is 5.26. The first-order valence-corrected chi connectivity index (χ1v) is 13.4. The summed E-state index contributed by atoms with van der Waals surface area (Å²) in [6.45, 7) is 6.43. The molecule has 2 aromatic heterocycles. The molecule has 4 heterocycles. The van der Waals surface area contributed by atoms with E-state index in [1.807, 2.05) is 44.8 Å². The lowest BCUT2D eigenvalue weighted by Gasteiger charge is -2.29. The Morgan fingerprint density at radius 1 is 1.12 bits per heavy atom. The van der Waals surface area contributed by atoms with Crippen LogP contribution in [0, 0.1) is 5.82 Å². The molecule has 3 aromatic rings. The molecule has 1 N–H and O–H groups in total. The number of rotatable bonds is 5. The van der Waals surface area contributed by atoms with Gasteiger partial charge in [-0.1, -0.05) is 0 Å². The van der Waals surface area contributed by atoms with Crippen LogP contribution in [0.25, 0.3) is 22.2 Å². The van der Waals surface area contributed by atoms with Gasteiger partial charge in [0, 0.05) is 48.8 Å². The zero-order valence-corrected chi connectivity index (χ0v) is 21.0. The highest BCUT2D eigenvalue weighted by atomic mass is 32.2. The summed E-state index contributed by atoms with van der Waals surface area (Å²) < 4.78 is 46.9. The fraction of sp³-hybridized carbons (Fsp3) is 0.480. The molecule has 9 heteroatoms. The Kier molecular flexibility index (Phi) is 5.80. The molecule has 0 spiro atoms. The van der Waals surface area contributed by atoms with Gasteiger partial charge in [0.15, 0.2) is 0 Å². The number of hydrogen-bond acceptors (Lipinski definition) is 5. The van der Waals surface area contributed by atoms with Crippen molar-refractivity contribution in [3.8, 4) is 11.1 Å². The first kappa shape index (κ1) is 23.1. The Morgan fingerprint density at radius 3 is 2.56 bits per heavy atom. The van der Waals surface area contributed by atoms with Gasteiger partial charge in [0.25, 0.3) is 0 Å². The Morgan fingerprint density at radius 2 is 1.85 bits per heavy atom. The first-order chi connectivity index (χ1) is 16.2. The number of benzene rings is 1. The Labute approximate surface area is 200 Å². The van der Waals surface area contributed by atoms with Gasteiger partial charge in [-0.05, 0) is 77.0 Å². The van der Waals surface area contributed by atoms with Gasteiger partial charge in [0.05, 0.1) is 16.3 Å². The van der Waals surface area contributed by atoms with Crippen LogP contribution in [0.3, 0.4) is 0 Å². The monoisotopic (exact) mass is 485 g/mol. The number of aromatic nitrogens is 2. The predicted molar refractivity (Wildman–Crippen MR) is 136 cm³/mol. The lowest BCUT2D eigenvalue weighted by Crippen LogP contribution is -2.39. The van der Waals surface area contributed by atoms with E-state index in [1.54, 1.807) is 18.3 Å². The van der Waals surface area contributed by atoms with Crippen LogP contribution < -0.4 is 9.62 Å². The molecule has 0 atom stereocenters. The highest BCUT2D eigenvalue weighted by Crippen LogP contribution is 2.41. The molecular weight excluding hydrogens is 453 g/mol. The molecule has 2 aliphatic heterocycles. The number of nitrogens with one attached hydrogen (secondary N) is 1. The predicted octanol–water partition coefficient (Wildman–Crippen LogP) is 4.25. The number of nitrogens with zero attached hydrogens (tertiary/aromatic N) is 4. The molecule has 34 heavy (non-hydrogen) atoms. The summed E-state index contributed by atoms with van der Waals surface area (Å²) in [5.41, 5.74) is 4.22. The number of anilines is 2. The molecule has 1 fully saturated rings. The van der Waals surface area contributed by atoms with Gasteiger partial charge in [-0.2, -0.15) is 0 Å². The lowest BCUT2D eigenvalue weighted by molar-refractivity contribution is 0.278. The Balaban J connectivity index is 1.65. The quantitative estimate of drug-likeness (QED) is 0.585. The summed E-state index contributed by atoms with van der Waals surface area (Å²) in [7, 11) is 0.408. The van der Waals surface area contributed by atoms with Gasteiger partial charge >= 0.3 is 0 Å². The molecule has 0 bridgehead atoms. The lowest BCUT2D eigenvalue weighted by atomic mass is 10.0. The third-order valence-electron chi connectivity index (χ3n) is 7.21. The minimum atomic E-state index is -3.61. The molecule has 7 nitrogen and oxygen atoms in total. The van der Waals surface area contributed by atoms with E-state index in [9.17, 15) is 8.42 Å². The Bertz CT molecular complexity index is 1340. The highest BCUT2D eigenvalue weighted by molar-refractivity contribution is 7.93. The van der Waals surface area contributed by atoms with Crippen LogP contribution in [0.4, 0.5) is 15.8 Å². The largest absolute Gasteiger partial charge is 0.374 e. The minimum Gasteiger partial charge on any atom is -0.374 e. The van der Waals surface area contributed by atoms with Crippen molar-refractivity contribution < 1.29 is 12.8 Å². The zero-order chi connectivity index (χ0) is 24.2. The average molecular weight is 486 g/mol. The second-order valence-electron chi connectivity index (χ2n) is 9.88. The summed E-state index contributed by atoms with van der Waals surface area (Å²) in [5, 5.41) is 0.181. The van der Waals surface area contributed by atoms with Crippen LogP contribution in [-0.2, 0) is 16.4 Å². The van der Waals surface area contributed by atoms with Gasteiger partial charge in [0.2, 0.25) is 10.0 Å². The number of pyridine rings is 1. The van der Waals surface area contributed by atoms with Gasteiger partial charge < -0.3 is 14.4 Å². The topological polar surface area (TPSA) is 70.5 Å². The molecule has 5 rings (SSSR count). The van der Waals surface area contributed by atoms with Gasteiger partial charge in [-0.3, -0.25) is 4.72 Å². The fourth-order valence-corrected chi connectivity index (χ4v) is 6.64. The van der Waals surface area contributed by atoms with Crippen LogP contribution in [-0.4, -0.2) is 61.8 Å². The number of likely N-dealkylation sites (N-methyl/N-ethyl adjacent to an activating group) is 1. The van der Waals surface area contributed by atoms with E-state index < -0.39 is 15.3 Å². The molecular formula is C25H32FN5O2S. The van der Waals surface area contributed by atoms with Crippen molar-refractivity contribution in [1.82, 2.24) is 14.5 Å². The minimum absolute atomic E-state index is 0.0738. The van der Waals surface area contributed by atoms with Crippen LogP contribution >= 0.6 is 0 Å². The molecule has 1 aromatic carbocycles. The number of likely N-dealkylation sites (tertiary alicyclic amines) is 1. The van der Waals surface area contributed by atoms with E-state index in [2.05, 4.69) is 19.5 Å². The molecule has 2 aliphatic rings. The first-order valence-electron chi connectivity index (χ1n) is 11.9. The smallest absolute Gasteiger partial charge is 0.235 e. The number of hydrogen-bond donors (Lipinski definition) is 1. The van der Waals surface area contributed by atoms with E-state index in [0.717, 1.165) is 37.3 Å². The fourth-order valence-electron chi connectivity index (χ4n) is 5.17. The van der Waals surface area contributed by atoms with Crippen LogP contribution in [0.5, 0.6) is 0 Å². The van der Waals surface area contributed by atoms with E-state index in [4.69, 9.17) is 0 Å². The van der Waals surface area contributed by atoms with Crippen LogP contribution in [0.2, 0.25) is 0 Å². The SMILES string of the molecule is CC(C)n1cc(-c2cc3c(cc2F)CCN3C)c2c(NS(=O)(=O)C3CCN(C)CC3)ccnc21. The van der Waals surface area contributed by atoms with Crippen molar-refractivity contribution in [2.75, 3.05) is 43.4 Å². The van der Waals surface area contributed by atoms with Crippen molar-refractivity contribution in [2.45, 2.75) is 44.4 Å². The molecule has 1 saturated heterocycles. The average Bonchev–Trinajstić information content (AvgIpc) is 3.34. The maximum atomic E-state index is 15.4. The Hall–Kier alpha value is -2.65. The van der Waals surface area contributed by atoms with Crippen molar-refractivity contribution >= 4 is 32.4 Å². The molecule has 0 radical (unpaired) electrons. The normalized spacial score (nSPS) is 17.6. The molecule has 0 aliphatic carbocycles. The standard InChI is InChI=1S/C25H32FN5O2S/c1-16(2)31-15-20(19-14-23-17(13-21(19)26)6-12-30(23)4)24-22(5-9-27-25(24)31)28-34(32,33)18-7-10-29(3)11-8-18/h5,9,13-16,18H,6-8,10-12H2,1-4H3,(H,27,28). The van der Waals surface area contributed by atoms with E-state index in [0.29, 0.717) is 40.7 Å². The van der Waals surface area contributed by atoms with Crippen molar-refractivity contribution in [1.29, 1.82) is 0 Å². The van der Waals surface area contributed by atoms with Gasteiger partial charge in [-0.25, -0.2) is 17.8 Å². The summed E-state index contributed by atoms with van der Waals surface area (Å²) in [5.74, 6) is -0.301. The van der Waals surface area contributed by atoms with Gasteiger partial charge in [-0.15, -0.1) is 0 Å². The van der Waals surface area contributed by atoms with Crippen LogP contribution in [0.15, 0.2) is 30.6 Å². The van der Waals surface area contributed by atoms with Crippen molar-refractivity contribution in [3.63, 3.8) is 0 Å². The van der Waals surface area contributed by atoms with Crippen LogP contribution in [0.1, 0.15) is 38.3 Å². The molecule has 0 unspecified atom stereocenters. The van der Waals surface area contributed by atoms with E-state index >= 15 is 4.39 Å². The maximum absolute atomic E-state index is 15.4.